The van der Waals surface area contributed by atoms with E-state index in [9.17, 15) is 8.42 Å². The Morgan fingerprint density at radius 1 is 1.11 bits per heavy atom. The first-order valence-corrected chi connectivity index (χ1v) is 11.5. The highest BCUT2D eigenvalue weighted by Gasteiger charge is 2.64. The van der Waals surface area contributed by atoms with Crippen LogP contribution in [0.3, 0.4) is 0 Å². The van der Waals surface area contributed by atoms with Crippen molar-refractivity contribution in [3.8, 4) is 0 Å². The van der Waals surface area contributed by atoms with Crippen molar-refractivity contribution in [3.63, 3.8) is 0 Å². The lowest BCUT2D eigenvalue weighted by atomic mass is 10.2. The maximum absolute atomic E-state index is 12.9. The summed E-state index contributed by atoms with van der Waals surface area (Å²) in [6, 6.07) is 2.98. The molecule has 19 heavy (non-hydrogen) atoms. The molecule has 2 aliphatic rings. The van der Waals surface area contributed by atoms with Gasteiger partial charge in [-0.05, 0) is 37.9 Å². The third kappa shape index (κ3) is 2.20. The molecule has 1 saturated heterocycles. The summed E-state index contributed by atoms with van der Waals surface area (Å²) in [5, 5.41) is 3.12. The summed E-state index contributed by atoms with van der Waals surface area (Å²) in [5.41, 5.74) is 0. The second-order valence-electron chi connectivity index (χ2n) is 6.31. The third-order valence-electron chi connectivity index (χ3n) is 5.22. The Kier molecular flexibility index (Phi) is 3.93. The van der Waals surface area contributed by atoms with Crippen molar-refractivity contribution in [2.24, 2.45) is 0 Å². The predicted molar refractivity (Wildman–Crippen MR) is 80.4 cm³/mol. The van der Waals surface area contributed by atoms with Gasteiger partial charge in [-0.25, -0.2) is 8.42 Å². The van der Waals surface area contributed by atoms with E-state index in [0.717, 1.165) is 31.0 Å². The monoisotopic (exact) mass is 305 g/mol. The van der Waals surface area contributed by atoms with E-state index in [0.29, 0.717) is 13.1 Å². The maximum atomic E-state index is 12.9. The van der Waals surface area contributed by atoms with Crippen molar-refractivity contribution in [2.75, 3.05) is 13.1 Å². The summed E-state index contributed by atoms with van der Waals surface area (Å²) in [5.74, 6) is 0. The van der Waals surface area contributed by atoms with Gasteiger partial charge in [0.05, 0.1) is 4.75 Å². The van der Waals surface area contributed by atoms with Gasteiger partial charge in [0.25, 0.3) is 0 Å². The second-order valence-corrected chi connectivity index (χ2v) is 13.7. The molecular formula is C13H27NO3SSi. The summed E-state index contributed by atoms with van der Waals surface area (Å²) in [7, 11) is -5.11. The molecule has 0 bridgehead atoms. The lowest BCUT2D eigenvalue weighted by Gasteiger charge is -2.48. The predicted octanol–water partition coefficient (Wildman–Crippen LogP) is 2.28. The van der Waals surface area contributed by atoms with Gasteiger partial charge in [-0.1, -0.05) is 20.8 Å². The normalized spacial score (nSPS) is 24.8. The van der Waals surface area contributed by atoms with Crippen LogP contribution in [0.5, 0.6) is 0 Å². The topological polar surface area (TPSA) is 55.4 Å². The highest BCUT2D eigenvalue weighted by Crippen LogP contribution is 2.50. The maximum Gasteiger partial charge on any atom is 0.194 e. The Hall–Kier alpha value is 0.0869. The van der Waals surface area contributed by atoms with Gasteiger partial charge in [-0.15, -0.1) is 0 Å². The van der Waals surface area contributed by atoms with Crippen LogP contribution >= 0.6 is 0 Å². The molecular weight excluding hydrogens is 278 g/mol. The Morgan fingerprint density at radius 3 is 1.84 bits per heavy atom. The molecule has 0 spiro atoms. The molecule has 1 heterocycles. The van der Waals surface area contributed by atoms with Crippen LogP contribution in [0, 0.1) is 0 Å². The molecule has 1 aliphatic carbocycles. The highest BCUT2D eigenvalue weighted by atomic mass is 32.2. The third-order valence-corrected chi connectivity index (χ3v) is 13.1. The van der Waals surface area contributed by atoms with Crippen LogP contribution in [0.15, 0.2) is 0 Å². The van der Waals surface area contributed by atoms with Crippen molar-refractivity contribution in [1.82, 2.24) is 5.32 Å². The number of hydrogen-bond acceptors (Lipinski definition) is 4. The molecule has 1 aliphatic heterocycles. The van der Waals surface area contributed by atoms with Crippen LogP contribution in [0.4, 0.5) is 0 Å². The molecule has 1 N–H and O–H groups in total. The minimum Gasteiger partial charge on any atom is -0.396 e. The van der Waals surface area contributed by atoms with Gasteiger partial charge in [0.1, 0.15) is 0 Å². The lowest BCUT2D eigenvalue weighted by molar-refractivity contribution is 0.0817. The SMILES string of the molecule is CC[Si](CC)(CC)OC1(S(=O)(=O)C2(C)CC2)CNC1. The zero-order chi connectivity index (χ0) is 14.4. The van der Waals surface area contributed by atoms with Crippen molar-refractivity contribution >= 4 is 18.2 Å². The quantitative estimate of drug-likeness (QED) is 0.733. The molecule has 2 fully saturated rings. The van der Waals surface area contributed by atoms with Crippen LogP contribution in [0.1, 0.15) is 40.5 Å². The van der Waals surface area contributed by atoms with E-state index in [-0.39, 0.29) is 0 Å². The molecule has 0 aromatic carbocycles. The van der Waals surface area contributed by atoms with Gasteiger partial charge in [-0.2, -0.15) is 0 Å². The summed E-state index contributed by atoms with van der Waals surface area (Å²) in [6.45, 7) is 9.25. The van der Waals surface area contributed by atoms with Gasteiger partial charge in [0.2, 0.25) is 0 Å². The zero-order valence-electron chi connectivity index (χ0n) is 12.6. The lowest BCUT2D eigenvalue weighted by Crippen LogP contribution is -2.70. The molecule has 1 saturated carbocycles. The molecule has 0 aromatic heterocycles. The van der Waals surface area contributed by atoms with Gasteiger partial charge < -0.3 is 9.74 Å². The van der Waals surface area contributed by atoms with Crippen LogP contribution in [-0.2, 0) is 14.3 Å². The van der Waals surface area contributed by atoms with Crippen LogP contribution in [-0.4, -0.2) is 39.5 Å². The van der Waals surface area contributed by atoms with Crippen LogP contribution < -0.4 is 5.32 Å². The fourth-order valence-corrected chi connectivity index (χ4v) is 8.86. The van der Waals surface area contributed by atoms with E-state index in [2.05, 4.69) is 26.1 Å². The number of sulfone groups is 1. The van der Waals surface area contributed by atoms with Gasteiger partial charge in [0, 0.05) is 13.1 Å². The molecule has 112 valence electrons. The smallest absolute Gasteiger partial charge is 0.194 e. The van der Waals surface area contributed by atoms with Gasteiger partial charge >= 0.3 is 0 Å². The van der Waals surface area contributed by atoms with Crippen molar-refractivity contribution < 1.29 is 12.8 Å². The van der Waals surface area contributed by atoms with Crippen LogP contribution in [0.2, 0.25) is 18.1 Å². The Balaban J connectivity index is 2.29. The minimum atomic E-state index is -3.20. The second kappa shape index (κ2) is 4.82. The molecule has 0 unspecified atom stereocenters. The standard InChI is InChI=1S/C13H27NO3SSi/c1-5-19(6-2,7-3)17-13(10-14-11-13)18(15,16)12(4)8-9-12/h14H,5-11H2,1-4H3. The van der Waals surface area contributed by atoms with Gasteiger partial charge in [-0.3, -0.25) is 0 Å². The number of hydrogen-bond donors (Lipinski definition) is 1. The molecule has 2 rings (SSSR count). The van der Waals surface area contributed by atoms with Crippen molar-refractivity contribution in [1.29, 1.82) is 0 Å². The van der Waals surface area contributed by atoms with Crippen molar-refractivity contribution in [3.05, 3.63) is 0 Å². The Labute approximate surface area is 118 Å². The summed E-state index contributed by atoms with van der Waals surface area (Å²) in [6.07, 6.45) is 1.58. The van der Waals surface area contributed by atoms with E-state index in [1.54, 1.807) is 0 Å². The zero-order valence-corrected chi connectivity index (χ0v) is 14.4. The minimum absolute atomic E-state index is 0.472. The molecule has 0 atom stereocenters. The Bertz CT molecular complexity index is 429. The molecule has 4 nitrogen and oxygen atoms in total. The van der Waals surface area contributed by atoms with Crippen molar-refractivity contribution in [2.45, 2.75) is 68.3 Å². The molecule has 0 amide bonds. The van der Waals surface area contributed by atoms with Crippen LogP contribution in [0.25, 0.3) is 0 Å². The molecule has 0 radical (unpaired) electrons. The summed E-state index contributed by atoms with van der Waals surface area (Å²) in [4.78, 5) is -0.924. The molecule has 6 heteroatoms. The average Bonchev–Trinajstić information content (AvgIpc) is 3.09. The average molecular weight is 306 g/mol. The van der Waals surface area contributed by atoms with E-state index < -0.39 is 27.8 Å². The van der Waals surface area contributed by atoms with E-state index in [1.807, 2.05) is 6.92 Å². The molecule has 0 aromatic rings. The largest absolute Gasteiger partial charge is 0.396 e. The Morgan fingerprint density at radius 2 is 1.58 bits per heavy atom. The van der Waals surface area contributed by atoms with E-state index in [4.69, 9.17) is 4.43 Å². The van der Waals surface area contributed by atoms with E-state index >= 15 is 0 Å². The van der Waals surface area contributed by atoms with Gasteiger partial charge in [0.15, 0.2) is 23.1 Å². The fourth-order valence-electron chi connectivity index (χ4n) is 2.90. The van der Waals surface area contributed by atoms with E-state index in [1.165, 1.54) is 0 Å². The summed E-state index contributed by atoms with van der Waals surface area (Å²) < 4.78 is 31.7. The first-order chi connectivity index (χ1) is 8.80. The fraction of sp³-hybridized carbons (Fsp3) is 1.00. The number of nitrogens with one attached hydrogen (secondary N) is 1. The first kappa shape index (κ1) is 15.5. The first-order valence-electron chi connectivity index (χ1n) is 7.45. The highest BCUT2D eigenvalue weighted by molar-refractivity contribution is 7.94. The summed E-state index contributed by atoms with van der Waals surface area (Å²) >= 11 is 0. The number of rotatable bonds is 7.